The first-order valence-electron chi connectivity index (χ1n) is 5.92. The molecule has 0 heterocycles. The van der Waals surface area contributed by atoms with Crippen LogP contribution in [0.4, 0.5) is 22.7 Å². The van der Waals surface area contributed by atoms with Gasteiger partial charge in [-0.1, -0.05) is 0 Å². The van der Waals surface area contributed by atoms with Crippen LogP contribution in [0.15, 0.2) is 51.5 Å². The first kappa shape index (κ1) is 18.6. The van der Waals surface area contributed by atoms with Gasteiger partial charge in [0.2, 0.25) is 0 Å². The molecule has 0 aromatic heterocycles. The maximum Gasteiger partial charge on any atom is 1.00 e. The molecule has 0 saturated carbocycles. The number of anilines is 2. The van der Waals surface area contributed by atoms with Gasteiger partial charge in [0.05, 0.1) is 16.3 Å². The zero-order valence-corrected chi connectivity index (χ0v) is 15.0. The number of benzene rings is 2. The van der Waals surface area contributed by atoms with E-state index in [1.54, 1.807) is 12.1 Å². The van der Waals surface area contributed by atoms with E-state index in [0.717, 1.165) is 5.56 Å². The topological polar surface area (TPSA) is 131 Å². The molecule has 0 bridgehead atoms. The summed E-state index contributed by atoms with van der Waals surface area (Å²) in [7, 11) is -4.21. The Hall–Kier alpha value is -1.45. The number of rotatable bonds is 3. The van der Waals surface area contributed by atoms with Gasteiger partial charge in [-0.15, -0.1) is 5.11 Å². The molecule has 0 aliphatic carbocycles. The number of hydrogen-bond donors (Lipinski definition) is 3. The first-order chi connectivity index (χ1) is 9.77. The van der Waals surface area contributed by atoms with Gasteiger partial charge in [-0.2, -0.15) is 13.5 Å². The summed E-state index contributed by atoms with van der Waals surface area (Å²) < 4.78 is 30.7. The van der Waals surface area contributed by atoms with Crippen molar-refractivity contribution < 1.29 is 42.5 Å². The number of nitrogens with two attached hydrogens (primary N) is 2. The maximum atomic E-state index is 10.9. The summed E-state index contributed by atoms with van der Waals surface area (Å²) in [4.78, 5) is -0.204. The fourth-order valence-electron chi connectivity index (χ4n) is 1.61. The van der Waals surface area contributed by atoms with Gasteiger partial charge in [-0.3, -0.25) is 4.55 Å². The van der Waals surface area contributed by atoms with Crippen molar-refractivity contribution in [2.24, 2.45) is 10.2 Å². The molecule has 9 heteroatoms. The SMILES string of the molecule is Cc1cc(N=Nc2ccc(S(=O)(=O)O)cc2)c(N)cc1N.[Na+]. The van der Waals surface area contributed by atoms with Crippen LogP contribution in [0.25, 0.3) is 0 Å². The molecule has 110 valence electrons. The van der Waals surface area contributed by atoms with E-state index in [-0.39, 0.29) is 34.5 Å². The Morgan fingerprint density at radius 2 is 1.59 bits per heavy atom. The van der Waals surface area contributed by atoms with Crippen LogP contribution in [-0.2, 0) is 10.1 Å². The predicted octanol–water partition coefficient (Wildman–Crippen LogP) is -0.174. The Bertz CT molecular complexity index is 805. The smallest absolute Gasteiger partial charge is 0.398 e. The molecule has 5 N–H and O–H groups in total. The van der Waals surface area contributed by atoms with Crippen molar-refractivity contribution in [2.75, 3.05) is 11.5 Å². The largest absolute Gasteiger partial charge is 1.00 e. The Labute approximate surface area is 150 Å². The molecule has 0 aliphatic rings. The minimum Gasteiger partial charge on any atom is -0.398 e. The molecular formula is C13H14N4NaO3S+. The summed E-state index contributed by atoms with van der Waals surface area (Å²) >= 11 is 0. The average Bonchev–Trinajstić information content (AvgIpc) is 2.41. The number of nitrogen functional groups attached to an aromatic ring is 2. The van der Waals surface area contributed by atoms with Gasteiger partial charge in [-0.25, -0.2) is 0 Å². The van der Waals surface area contributed by atoms with Gasteiger partial charge in [-0.05, 0) is 48.9 Å². The third kappa shape index (κ3) is 4.52. The molecule has 0 aliphatic heterocycles. The number of hydrogen-bond acceptors (Lipinski definition) is 6. The molecule has 2 aromatic carbocycles. The van der Waals surface area contributed by atoms with Crippen molar-refractivity contribution in [3.05, 3.63) is 42.0 Å². The molecule has 0 amide bonds. The van der Waals surface area contributed by atoms with E-state index >= 15 is 0 Å². The third-order valence-corrected chi connectivity index (χ3v) is 3.69. The van der Waals surface area contributed by atoms with Crippen LogP contribution in [0.2, 0.25) is 0 Å². The summed E-state index contributed by atoms with van der Waals surface area (Å²) in [6.07, 6.45) is 0. The van der Waals surface area contributed by atoms with Crippen LogP contribution in [0.1, 0.15) is 5.56 Å². The van der Waals surface area contributed by atoms with Gasteiger partial charge < -0.3 is 11.5 Å². The van der Waals surface area contributed by atoms with Crippen LogP contribution in [0.3, 0.4) is 0 Å². The van der Waals surface area contributed by atoms with Crippen molar-refractivity contribution in [3.63, 3.8) is 0 Å². The molecule has 0 radical (unpaired) electrons. The van der Waals surface area contributed by atoms with Gasteiger partial charge in [0, 0.05) is 5.69 Å². The van der Waals surface area contributed by atoms with Crippen molar-refractivity contribution >= 4 is 32.9 Å². The van der Waals surface area contributed by atoms with E-state index in [9.17, 15) is 8.42 Å². The minimum absolute atomic E-state index is 0. The number of aryl methyl sites for hydroxylation is 1. The van der Waals surface area contributed by atoms with Crippen LogP contribution in [0, 0.1) is 6.92 Å². The summed E-state index contributed by atoms with van der Waals surface area (Å²) in [5.74, 6) is 0. The van der Waals surface area contributed by atoms with Crippen molar-refractivity contribution in [2.45, 2.75) is 11.8 Å². The van der Waals surface area contributed by atoms with Crippen LogP contribution >= 0.6 is 0 Å². The fourth-order valence-corrected chi connectivity index (χ4v) is 2.09. The molecule has 2 rings (SSSR count). The van der Waals surface area contributed by atoms with Crippen molar-refractivity contribution in [1.29, 1.82) is 0 Å². The standard InChI is InChI=1S/C13H14N4O3S.Na/c1-8-6-13(12(15)7-11(8)14)17-16-9-2-4-10(5-3-9)21(18,19)20;/h2-7H,14-15H2,1H3,(H,18,19,20);/q;+1. The van der Waals surface area contributed by atoms with Gasteiger partial charge in [0.25, 0.3) is 10.1 Å². The Kier molecular flexibility index (Phi) is 6.09. The monoisotopic (exact) mass is 329 g/mol. The van der Waals surface area contributed by atoms with E-state index in [1.807, 2.05) is 6.92 Å². The Morgan fingerprint density at radius 3 is 2.14 bits per heavy atom. The van der Waals surface area contributed by atoms with Crippen molar-refractivity contribution in [1.82, 2.24) is 0 Å². The minimum atomic E-state index is -4.21. The molecule has 2 aromatic rings. The summed E-state index contributed by atoms with van der Waals surface area (Å²) in [6.45, 7) is 1.83. The van der Waals surface area contributed by atoms with Gasteiger partial charge >= 0.3 is 29.6 Å². The van der Waals surface area contributed by atoms with Gasteiger partial charge in [0.1, 0.15) is 5.69 Å². The molecule has 0 unspecified atom stereocenters. The van der Waals surface area contributed by atoms with Crippen LogP contribution in [0.5, 0.6) is 0 Å². The first-order valence-corrected chi connectivity index (χ1v) is 7.36. The average molecular weight is 329 g/mol. The number of azo groups is 1. The molecule has 0 spiro atoms. The Morgan fingerprint density at radius 1 is 1.00 bits per heavy atom. The molecule has 0 atom stereocenters. The Balaban J connectivity index is 0.00000242. The van der Waals surface area contributed by atoms with E-state index in [2.05, 4.69) is 10.2 Å². The predicted molar refractivity (Wildman–Crippen MR) is 80.4 cm³/mol. The van der Waals surface area contributed by atoms with Crippen molar-refractivity contribution in [3.8, 4) is 0 Å². The molecule has 7 nitrogen and oxygen atoms in total. The summed E-state index contributed by atoms with van der Waals surface area (Å²) in [5, 5.41) is 7.96. The second kappa shape index (κ2) is 7.21. The maximum absolute atomic E-state index is 10.9. The van der Waals surface area contributed by atoms with Gasteiger partial charge in [0.15, 0.2) is 0 Å². The fraction of sp³-hybridized carbons (Fsp3) is 0.0769. The van der Waals surface area contributed by atoms with Crippen LogP contribution in [-0.4, -0.2) is 13.0 Å². The summed E-state index contributed by atoms with van der Waals surface area (Å²) in [5.41, 5.74) is 14.2. The molecular weight excluding hydrogens is 315 g/mol. The molecule has 0 fully saturated rings. The van der Waals surface area contributed by atoms with E-state index in [0.29, 0.717) is 22.7 Å². The number of nitrogens with zero attached hydrogens (tertiary/aromatic N) is 2. The normalized spacial score (nSPS) is 11.4. The molecule has 0 saturated heterocycles. The van der Waals surface area contributed by atoms with Crippen LogP contribution < -0.4 is 41.0 Å². The van der Waals surface area contributed by atoms with E-state index in [4.69, 9.17) is 16.0 Å². The second-order valence-corrected chi connectivity index (χ2v) is 5.86. The van der Waals surface area contributed by atoms with E-state index in [1.165, 1.54) is 24.3 Å². The quantitative estimate of drug-likeness (QED) is 0.311. The molecule has 22 heavy (non-hydrogen) atoms. The zero-order chi connectivity index (χ0) is 15.6. The summed E-state index contributed by atoms with van der Waals surface area (Å²) in [6, 6.07) is 8.63. The zero-order valence-electron chi connectivity index (χ0n) is 12.2. The van der Waals surface area contributed by atoms with E-state index < -0.39 is 10.1 Å². The second-order valence-electron chi connectivity index (χ2n) is 4.44. The third-order valence-electron chi connectivity index (χ3n) is 2.82.